The van der Waals surface area contributed by atoms with Crippen molar-refractivity contribution in [2.24, 2.45) is 0 Å². The van der Waals surface area contributed by atoms with E-state index < -0.39 is 0 Å². The van der Waals surface area contributed by atoms with Gasteiger partial charge >= 0.3 is 0 Å². The monoisotopic (exact) mass is 294 g/mol. The molecule has 0 bridgehead atoms. The summed E-state index contributed by atoms with van der Waals surface area (Å²) in [7, 11) is 0. The lowest BCUT2D eigenvalue weighted by atomic mass is 10.0. The van der Waals surface area contributed by atoms with Crippen molar-refractivity contribution in [2.45, 2.75) is 12.8 Å². The van der Waals surface area contributed by atoms with E-state index >= 15 is 0 Å². The van der Waals surface area contributed by atoms with Gasteiger partial charge in [-0.1, -0.05) is 18.2 Å². The summed E-state index contributed by atoms with van der Waals surface area (Å²) in [5.41, 5.74) is 3.42. The van der Waals surface area contributed by atoms with Crippen LogP contribution in [0.4, 0.5) is 10.1 Å². The van der Waals surface area contributed by atoms with Crippen LogP contribution in [0.1, 0.15) is 22.3 Å². The van der Waals surface area contributed by atoms with Crippen LogP contribution in [0.5, 0.6) is 0 Å². The Kier molecular flexibility index (Phi) is 2.96. The molecule has 3 nitrogen and oxygen atoms in total. The van der Waals surface area contributed by atoms with Crippen molar-refractivity contribution in [3.63, 3.8) is 0 Å². The van der Waals surface area contributed by atoms with E-state index in [1.165, 1.54) is 17.7 Å². The van der Waals surface area contributed by atoms with Crippen LogP contribution in [0, 0.1) is 5.82 Å². The molecule has 2 aromatic carbocycles. The number of nitrogens with one attached hydrogen (secondary N) is 1. The first-order chi connectivity index (χ1) is 10.7. The average Bonchev–Trinajstić information content (AvgIpc) is 2.96. The molecule has 0 radical (unpaired) electrons. The largest absolute Gasteiger partial charge is 0.360 e. The zero-order valence-electron chi connectivity index (χ0n) is 12.0. The molecule has 0 saturated heterocycles. The van der Waals surface area contributed by atoms with E-state index in [1.54, 1.807) is 12.3 Å². The first kappa shape index (κ1) is 13.1. The summed E-state index contributed by atoms with van der Waals surface area (Å²) in [6, 6.07) is 12.5. The maximum absolute atomic E-state index is 13.3. The number of fused-ring (bicyclic) bond motifs is 2. The number of anilines is 1. The summed E-state index contributed by atoms with van der Waals surface area (Å²) < 4.78 is 13.3. The van der Waals surface area contributed by atoms with E-state index in [9.17, 15) is 9.18 Å². The van der Waals surface area contributed by atoms with E-state index in [0.717, 1.165) is 23.9 Å². The number of halogens is 1. The van der Waals surface area contributed by atoms with Crippen LogP contribution in [0.3, 0.4) is 0 Å². The van der Waals surface area contributed by atoms with Gasteiger partial charge in [0.25, 0.3) is 5.91 Å². The Bertz CT molecular complexity index is 868. The highest BCUT2D eigenvalue weighted by atomic mass is 19.1. The third-order valence-corrected chi connectivity index (χ3v) is 4.23. The lowest BCUT2D eigenvalue weighted by Crippen LogP contribution is -2.35. The van der Waals surface area contributed by atoms with Crippen LogP contribution < -0.4 is 4.90 Å². The number of H-pyrrole nitrogens is 1. The number of hydrogen-bond acceptors (Lipinski definition) is 1. The Labute approximate surface area is 127 Å². The molecule has 0 unspecified atom stereocenters. The van der Waals surface area contributed by atoms with Crippen LogP contribution in [0.25, 0.3) is 10.9 Å². The van der Waals surface area contributed by atoms with Crippen molar-refractivity contribution in [3.05, 3.63) is 65.6 Å². The molecular formula is C18H15FN2O. The van der Waals surface area contributed by atoms with Gasteiger partial charge in [-0.15, -0.1) is 0 Å². The number of nitrogens with zero attached hydrogens (tertiary/aromatic N) is 1. The molecule has 1 amide bonds. The number of aromatic amines is 1. The van der Waals surface area contributed by atoms with Gasteiger partial charge in [0.2, 0.25) is 0 Å². The summed E-state index contributed by atoms with van der Waals surface area (Å²) in [5, 5.41) is 0.759. The fraction of sp³-hybridized carbons (Fsp3) is 0.167. The van der Waals surface area contributed by atoms with Crippen LogP contribution in [-0.2, 0) is 6.42 Å². The second-order valence-corrected chi connectivity index (χ2v) is 5.58. The Morgan fingerprint density at radius 3 is 2.95 bits per heavy atom. The molecule has 1 aliphatic heterocycles. The molecule has 4 rings (SSSR count). The molecule has 0 spiro atoms. The Balaban J connectivity index is 1.78. The summed E-state index contributed by atoms with van der Waals surface area (Å²) in [4.78, 5) is 17.7. The smallest absolute Gasteiger partial charge is 0.260 e. The Morgan fingerprint density at radius 1 is 1.18 bits per heavy atom. The highest BCUT2D eigenvalue weighted by molar-refractivity contribution is 6.14. The fourth-order valence-electron chi connectivity index (χ4n) is 3.17. The molecule has 0 saturated carbocycles. The first-order valence-electron chi connectivity index (χ1n) is 7.40. The number of rotatable bonds is 1. The number of hydrogen-bond donors (Lipinski definition) is 1. The number of amides is 1. The van der Waals surface area contributed by atoms with Crippen molar-refractivity contribution in [1.82, 2.24) is 4.98 Å². The van der Waals surface area contributed by atoms with Crippen molar-refractivity contribution in [3.8, 4) is 0 Å². The maximum atomic E-state index is 13.3. The number of aromatic nitrogens is 1. The summed E-state index contributed by atoms with van der Waals surface area (Å²) >= 11 is 0. The minimum atomic E-state index is -0.309. The molecule has 1 N–H and O–H groups in total. The predicted molar refractivity (Wildman–Crippen MR) is 84.7 cm³/mol. The van der Waals surface area contributed by atoms with Gasteiger partial charge in [-0.3, -0.25) is 4.79 Å². The quantitative estimate of drug-likeness (QED) is 0.726. The highest BCUT2D eigenvalue weighted by Gasteiger charge is 2.25. The van der Waals surface area contributed by atoms with Gasteiger partial charge in [-0.2, -0.15) is 0 Å². The van der Waals surface area contributed by atoms with Gasteiger partial charge in [-0.05, 0) is 42.7 Å². The lowest BCUT2D eigenvalue weighted by molar-refractivity contribution is 0.0986. The van der Waals surface area contributed by atoms with Gasteiger partial charge in [0.15, 0.2) is 0 Å². The van der Waals surface area contributed by atoms with Gasteiger partial charge < -0.3 is 9.88 Å². The first-order valence-corrected chi connectivity index (χ1v) is 7.40. The molecule has 110 valence electrons. The van der Waals surface area contributed by atoms with Crippen LogP contribution in [0.2, 0.25) is 0 Å². The van der Waals surface area contributed by atoms with Gasteiger partial charge in [0.05, 0.1) is 5.56 Å². The number of carbonyl (C=O) groups is 1. The molecule has 4 heteroatoms. The molecule has 2 heterocycles. The topological polar surface area (TPSA) is 36.1 Å². The summed E-state index contributed by atoms with van der Waals surface area (Å²) in [5.74, 6) is -0.346. The van der Waals surface area contributed by atoms with E-state index in [1.807, 2.05) is 23.1 Å². The van der Waals surface area contributed by atoms with Crippen molar-refractivity contribution >= 4 is 22.5 Å². The standard InChI is InChI=1S/C18H15FN2O/c19-13-7-8-14-15(11-20-16(14)10-13)18(22)21-9-3-5-12-4-1-2-6-17(12)21/h1-2,4,6-8,10-11,20H,3,5,9H2. The molecule has 1 aromatic heterocycles. The number of carbonyl (C=O) groups excluding carboxylic acids is 1. The minimum Gasteiger partial charge on any atom is -0.360 e. The van der Waals surface area contributed by atoms with E-state index in [0.29, 0.717) is 17.6 Å². The third kappa shape index (κ3) is 1.99. The van der Waals surface area contributed by atoms with Gasteiger partial charge in [0, 0.05) is 29.3 Å². The number of benzene rings is 2. The van der Waals surface area contributed by atoms with Crippen molar-refractivity contribution in [2.75, 3.05) is 11.4 Å². The van der Waals surface area contributed by atoms with E-state index in [4.69, 9.17) is 0 Å². The second kappa shape index (κ2) is 4.98. The van der Waals surface area contributed by atoms with Gasteiger partial charge in [-0.25, -0.2) is 4.39 Å². The zero-order chi connectivity index (χ0) is 15.1. The van der Waals surface area contributed by atoms with Gasteiger partial charge in [0.1, 0.15) is 5.82 Å². The Morgan fingerprint density at radius 2 is 2.05 bits per heavy atom. The SMILES string of the molecule is O=C(c1c[nH]c2cc(F)ccc12)N1CCCc2ccccc21. The number of aryl methyl sites for hydroxylation is 1. The zero-order valence-corrected chi connectivity index (χ0v) is 12.0. The number of para-hydroxylation sites is 1. The molecule has 0 fully saturated rings. The molecule has 3 aromatic rings. The van der Waals surface area contributed by atoms with E-state index in [2.05, 4.69) is 11.1 Å². The fourth-order valence-corrected chi connectivity index (χ4v) is 3.17. The predicted octanol–water partition coefficient (Wildman–Crippen LogP) is 3.90. The Hall–Kier alpha value is -2.62. The third-order valence-electron chi connectivity index (χ3n) is 4.23. The lowest BCUT2D eigenvalue weighted by Gasteiger charge is -2.29. The average molecular weight is 294 g/mol. The normalized spacial score (nSPS) is 14.1. The van der Waals surface area contributed by atoms with Crippen molar-refractivity contribution < 1.29 is 9.18 Å². The molecule has 1 aliphatic rings. The highest BCUT2D eigenvalue weighted by Crippen LogP contribution is 2.29. The van der Waals surface area contributed by atoms with Crippen LogP contribution in [-0.4, -0.2) is 17.4 Å². The molecule has 22 heavy (non-hydrogen) atoms. The molecule has 0 aliphatic carbocycles. The van der Waals surface area contributed by atoms with Crippen LogP contribution in [0.15, 0.2) is 48.7 Å². The minimum absolute atomic E-state index is 0.0370. The molecule has 0 atom stereocenters. The van der Waals surface area contributed by atoms with Crippen molar-refractivity contribution in [1.29, 1.82) is 0 Å². The maximum Gasteiger partial charge on any atom is 0.260 e. The molecular weight excluding hydrogens is 279 g/mol. The van der Waals surface area contributed by atoms with Crippen LogP contribution >= 0.6 is 0 Å². The van der Waals surface area contributed by atoms with E-state index in [-0.39, 0.29) is 11.7 Å². The summed E-state index contributed by atoms with van der Waals surface area (Å²) in [6.07, 6.45) is 3.63. The summed E-state index contributed by atoms with van der Waals surface area (Å²) in [6.45, 7) is 0.712. The second-order valence-electron chi connectivity index (χ2n) is 5.58.